The number of nitriles is 1. The van der Waals surface area contributed by atoms with Crippen molar-refractivity contribution in [3.05, 3.63) is 29.8 Å². The SMILES string of the molecule is CC(NC(=O)COc1ccccc1C#N)C1CCCO1. The third-order valence-corrected chi connectivity index (χ3v) is 3.28. The first kappa shape index (κ1) is 14.4. The van der Waals surface area contributed by atoms with Crippen LogP contribution >= 0.6 is 0 Å². The van der Waals surface area contributed by atoms with Gasteiger partial charge in [-0.1, -0.05) is 12.1 Å². The Bertz CT molecular complexity index is 504. The Balaban J connectivity index is 1.81. The fourth-order valence-corrected chi connectivity index (χ4v) is 2.21. The van der Waals surface area contributed by atoms with E-state index in [-0.39, 0.29) is 24.7 Å². The molecule has 1 aromatic rings. The zero-order valence-corrected chi connectivity index (χ0v) is 11.5. The molecule has 1 amide bonds. The number of hydrogen-bond acceptors (Lipinski definition) is 4. The van der Waals surface area contributed by atoms with Crippen molar-refractivity contribution < 1.29 is 14.3 Å². The fraction of sp³-hybridized carbons (Fsp3) is 0.467. The predicted molar refractivity (Wildman–Crippen MR) is 73.2 cm³/mol. The normalized spacial score (nSPS) is 19.1. The largest absolute Gasteiger partial charge is 0.482 e. The molecule has 2 rings (SSSR count). The van der Waals surface area contributed by atoms with Crippen LogP contribution < -0.4 is 10.1 Å². The minimum absolute atomic E-state index is 0.0280. The smallest absolute Gasteiger partial charge is 0.258 e. The van der Waals surface area contributed by atoms with Crippen molar-refractivity contribution in [2.24, 2.45) is 0 Å². The Kier molecular flexibility index (Phi) is 4.97. The monoisotopic (exact) mass is 274 g/mol. The molecule has 5 heteroatoms. The van der Waals surface area contributed by atoms with Gasteiger partial charge in [0.25, 0.3) is 5.91 Å². The Morgan fingerprint density at radius 1 is 1.60 bits per heavy atom. The van der Waals surface area contributed by atoms with Gasteiger partial charge in [0.15, 0.2) is 6.61 Å². The summed E-state index contributed by atoms with van der Waals surface area (Å²) in [5.41, 5.74) is 0.424. The van der Waals surface area contributed by atoms with Crippen LogP contribution in [0.4, 0.5) is 0 Å². The highest BCUT2D eigenvalue weighted by Gasteiger charge is 2.23. The Hall–Kier alpha value is -2.06. The molecule has 0 bridgehead atoms. The van der Waals surface area contributed by atoms with E-state index in [4.69, 9.17) is 14.7 Å². The first-order valence-corrected chi connectivity index (χ1v) is 6.73. The molecule has 0 aromatic heterocycles. The van der Waals surface area contributed by atoms with E-state index in [1.165, 1.54) is 0 Å². The van der Waals surface area contributed by atoms with Crippen LogP contribution in [0.5, 0.6) is 5.75 Å². The van der Waals surface area contributed by atoms with Crippen LogP contribution in [-0.2, 0) is 9.53 Å². The molecule has 1 N–H and O–H groups in total. The Morgan fingerprint density at radius 2 is 2.40 bits per heavy atom. The average Bonchev–Trinajstić information content (AvgIpc) is 2.99. The molecule has 1 saturated heterocycles. The lowest BCUT2D eigenvalue weighted by molar-refractivity contribution is -0.124. The molecule has 106 valence electrons. The minimum Gasteiger partial charge on any atom is -0.482 e. The summed E-state index contributed by atoms with van der Waals surface area (Å²) in [6.07, 6.45) is 2.10. The van der Waals surface area contributed by atoms with Crippen molar-refractivity contribution in [3.8, 4) is 11.8 Å². The van der Waals surface area contributed by atoms with Crippen LogP contribution in [0, 0.1) is 11.3 Å². The molecule has 0 aliphatic carbocycles. The van der Waals surface area contributed by atoms with Crippen LogP contribution in [0.3, 0.4) is 0 Å². The molecule has 5 nitrogen and oxygen atoms in total. The van der Waals surface area contributed by atoms with Crippen molar-refractivity contribution in [2.45, 2.75) is 31.9 Å². The van der Waals surface area contributed by atoms with Crippen LogP contribution in [0.2, 0.25) is 0 Å². The standard InChI is InChI=1S/C15H18N2O3/c1-11(13-7-4-8-19-13)17-15(18)10-20-14-6-3-2-5-12(14)9-16/h2-3,5-6,11,13H,4,7-8,10H2,1H3,(H,17,18). The van der Waals surface area contributed by atoms with Gasteiger partial charge in [-0.05, 0) is 31.9 Å². The molecule has 1 aliphatic heterocycles. The van der Waals surface area contributed by atoms with E-state index in [0.717, 1.165) is 19.4 Å². The lowest BCUT2D eigenvalue weighted by Gasteiger charge is -2.20. The molecule has 1 aliphatic rings. The van der Waals surface area contributed by atoms with Gasteiger partial charge >= 0.3 is 0 Å². The molecular formula is C15H18N2O3. The molecule has 0 radical (unpaired) electrons. The third-order valence-electron chi connectivity index (χ3n) is 3.28. The maximum absolute atomic E-state index is 11.8. The summed E-state index contributed by atoms with van der Waals surface area (Å²) < 4.78 is 10.9. The second kappa shape index (κ2) is 6.92. The van der Waals surface area contributed by atoms with E-state index in [0.29, 0.717) is 11.3 Å². The summed E-state index contributed by atoms with van der Waals surface area (Å²) in [5.74, 6) is 0.218. The molecule has 2 atom stereocenters. The zero-order valence-electron chi connectivity index (χ0n) is 11.5. The molecular weight excluding hydrogens is 256 g/mol. The second-order valence-electron chi connectivity index (χ2n) is 4.80. The minimum atomic E-state index is -0.208. The first-order chi connectivity index (χ1) is 9.70. The van der Waals surface area contributed by atoms with Gasteiger partial charge in [0.1, 0.15) is 11.8 Å². The quantitative estimate of drug-likeness (QED) is 0.885. The van der Waals surface area contributed by atoms with Gasteiger partial charge in [-0.15, -0.1) is 0 Å². The van der Waals surface area contributed by atoms with Gasteiger partial charge in [-0.2, -0.15) is 5.26 Å². The number of ether oxygens (including phenoxy) is 2. The first-order valence-electron chi connectivity index (χ1n) is 6.73. The summed E-state index contributed by atoms with van der Waals surface area (Å²) in [6.45, 7) is 2.59. The zero-order chi connectivity index (χ0) is 14.4. The van der Waals surface area contributed by atoms with Gasteiger partial charge < -0.3 is 14.8 Å². The highest BCUT2D eigenvalue weighted by Crippen LogP contribution is 2.17. The molecule has 1 aromatic carbocycles. The van der Waals surface area contributed by atoms with E-state index in [2.05, 4.69) is 5.32 Å². The number of carbonyl (C=O) groups excluding carboxylic acids is 1. The van der Waals surface area contributed by atoms with Crippen molar-refractivity contribution in [1.29, 1.82) is 5.26 Å². The number of hydrogen-bond donors (Lipinski definition) is 1. The molecule has 20 heavy (non-hydrogen) atoms. The van der Waals surface area contributed by atoms with Gasteiger partial charge in [-0.25, -0.2) is 0 Å². The van der Waals surface area contributed by atoms with Crippen molar-refractivity contribution in [3.63, 3.8) is 0 Å². The summed E-state index contributed by atoms with van der Waals surface area (Å²) in [5, 5.41) is 11.8. The highest BCUT2D eigenvalue weighted by molar-refractivity contribution is 5.78. The Morgan fingerprint density at radius 3 is 3.10 bits per heavy atom. The maximum Gasteiger partial charge on any atom is 0.258 e. The fourth-order valence-electron chi connectivity index (χ4n) is 2.21. The molecule has 0 spiro atoms. The number of benzene rings is 1. The van der Waals surface area contributed by atoms with Gasteiger partial charge in [-0.3, -0.25) is 4.79 Å². The summed E-state index contributed by atoms with van der Waals surface area (Å²) in [6, 6.07) is 8.85. The summed E-state index contributed by atoms with van der Waals surface area (Å²) in [4.78, 5) is 11.8. The highest BCUT2D eigenvalue weighted by atomic mass is 16.5. The molecule has 2 unspecified atom stereocenters. The van der Waals surface area contributed by atoms with Crippen molar-refractivity contribution in [2.75, 3.05) is 13.2 Å². The number of nitrogens with zero attached hydrogens (tertiary/aromatic N) is 1. The topological polar surface area (TPSA) is 71.3 Å². The van der Waals surface area contributed by atoms with Crippen molar-refractivity contribution in [1.82, 2.24) is 5.32 Å². The van der Waals surface area contributed by atoms with E-state index < -0.39 is 0 Å². The molecule has 0 saturated carbocycles. The molecule has 1 heterocycles. The molecule has 1 fully saturated rings. The summed E-state index contributed by atoms with van der Waals surface area (Å²) >= 11 is 0. The number of nitrogens with one attached hydrogen (secondary N) is 1. The van der Waals surface area contributed by atoms with Gasteiger partial charge in [0.05, 0.1) is 17.7 Å². The number of rotatable bonds is 5. The van der Waals surface area contributed by atoms with E-state index in [9.17, 15) is 4.79 Å². The van der Waals surface area contributed by atoms with Crippen molar-refractivity contribution >= 4 is 5.91 Å². The predicted octanol–water partition coefficient (Wildman–Crippen LogP) is 1.62. The van der Waals surface area contributed by atoms with Crippen LogP contribution in [0.1, 0.15) is 25.3 Å². The van der Waals surface area contributed by atoms with E-state index in [1.54, 1.807) is 24.3 Å². The van der Waals surface area contributed by atoms with Gasteiger partial charge in [0, 0.05) is 6.61 Å². The van der Waals surface area contributed by atoms with Crippen LogP contribution in [-0.4, -0.2) is 31.3 Å². The van der Waals surface area contributed by atoms with Crippen LogP contribution in [0.15, 0.2) is 24.3 Å². The lowest BCUT2D eigenvalue weighted by Crippen LogP contribution is -2.42. The second-order valence-corrected chi connectivity index (χ2v) is 4.80. The van der Waals surface area contributed by atoms with Crippen LogP contribution in [0.25, 0.3) is 0 Å². The van der Waals surface area contributed by atoms with E-state index >= 15 is 0 Å². The summed E-state index contributed by atoms with van der Waals surface area (Å²) in [7, 11) is 0. The van der Waals surface area contributed by atoms with E-state index in [1.807, 2.05) is 13.0 Å². The number of amides is 1. The lowest BCUT2D eigenvalue weighted by atomic mass is 10.1. The third kappa shape index (κ3) is 3.72. The number of carbonyl (C=O) groups is 1. The van der Waals surface area contributed by atoms with Gasteiger partial charge in [0.2, 0.25) is 0 Å². The maximum atomic E-state index is 11.8. The average molecular weight is 274 g/mol. The Labute approximate surface area is 118 Å². The number of para-hydroxylation sites is 1.